The first-order valence-corrected chi connectivity index (χ1v) is 6.12. The molecule has 0 unspecified atom stereocenters. The average Bonchev–Trinajstić information content (AvgIpc) is 2.64. The van der Waals surface area contributed by atoms with Crippen LogP contribution >= 0.6 is 11.3 Å². The van der Waals surface area contributed by atoms with Gasteiger partial charge in [0.25, 0.3) is 11.8 Å². The summed E-state index contributed by atoms with van der Waals surface area (Å²) in [6, 6.07) is 0. The molecule has 0 aliphatic heterocycles. The maximum Gasteiger partial charge on any atom is 0.405 e. The third-order valence-corrected chi connectivity index (χ3v) is 3.70. The van der Waals surface area contributed by atoms with Gasteiger partial charge in [-0.1, -0.05) is 0 Å². The summed E-state index contributed by atoms with van der Waals surface area (Å²) in [4.78, 5) is 23.6. The number of primary amides is 1. The van der Waals surface area contributed by atoms with Crippen molar-refractivity contribution in [3.63, 3.8) is 0 Å². The van der Waals surface area contributed by atoms with Crippen LogP contribution in [0.2, 0.25) is 0 Å². The lowest BCUT2D eigenvalue weighted by Crippen LogP contribution is -2.32. The molecule has 0 radical (unpaired) electrons. The molecule has 0 spiro atoms. The number of hydrogen-bond acceptors (Lipinski definition) is 5. The van der Waals surface area contributed by atoms with Crippen LogP contribution in [-0.2, 0) is 0 Å². The first kappa shape index (κ1) is 16.1. The molecule has 0 saturated heterocycles. The normalized spacial score (nSPS) is 11.2. The molecule has 112 valence electrons. The van der Waals surface area contributed by atoms with Crippen LogP contribution in [0, 0.1) is 0 Å². The van der Waals surface area contributed by atoms with Crippen molar-refractivity contribution in [2.24, 2.45) is 5.73 Å². The van der Waals surface area contributed by atoms with E-state index in [0.29, 0.717) is 11.3 Å². The number of nitrogens with zero attached hydrogens (tertiary/aromatic N) is 1. The number of nitrogens with one attached hydrogen (secondary N) is 1. The molecule has 0 bridgehead atoms. The molecule has 6 nitrogen and oxygen atoms in total. The molecule has 0 saturated carbocycles. The van der Waals surface area contributed by atoms with Gasteiger partial charge in [0.05, 0.1) is 11.3 Å². The molecule has 1 rings (SSSR count). The van der Waals surface area contributed by atoms with Crippen LogP contribution in [0.3, 0.4) is 0 Å². The fourth-order valence-corrected chi connectivity index (χ4v) is 2.60. The fraction of sp³-hybridized carbons (Fsp3) is 0.400. The van der Waals surface area contributed by atoms with Crippen molar-refractivity contribution in [3.05, 3.63) is 10.4 Å². The first-order chi connectivity index (χ1) is 9.08. The van der Waals surface area contributed by atoms with Crippen molar-refractivity contribution in [2.75, 3.05) is 31.3 Å². The molecule has 5 N–H and O–H groups in total. The molecule has 1 heterocycles. The Balaban J connectivity index is 3.34. The third kappa shape index (κ3) is 3.32. The smallest absolute Gasteiger partial charge is 0.397 e. The van der Waals surface area contributed by atoms with Crippen LogP contribution in [0.15, 0.2) is 0 Å². The highest BCUT2D eigenvalue weighted by atomic mass is 32.1. The van der Waals surface area contributed by atoms with Crippen molar-refractivity contribution in [1.82, 2.24) is 5.32 Å². The van der Waals surface area contributed by atoms with Crippen LogP contribution in [0.1, 0.15) is 20.0 Å². The zero-order valence-corrected chi connectivity index (χ0v) is 11.5. The van der Waals surface area contributed by atoms with Gasteiger partial charge in [-0.15, -0.1) is 11.3 Å². The number of carbonyl (C=O) groups is 2. The van der Waals surface area contributed by atoms with Crippen LogP contribution in [-0.4, -0.2) is 38.6 Å². The number of thiophene rings is 1. The predicted molar refractivity (Wildman–Crippen MR) is 70.0 cm³/mol. The number of carbonyl (C=O) groups excluding carboxylic acids is 2. The number of rotatable bonds is 4. The van der Waals surface area contributed by atoms with E-state index in [-0.39, 0.29) is 21.1 Å². The standard InChI is InChI=1S/C10H13F3N4O2S/c1-16-8(19)4-5(14)6(7(15)18)20-9(4)17(2)3-10(11,12)13/h3,14H2,1-2H3,(H2,15,18)(H,16,19). The Hall–Kier alpha value is -1.97. The van der Waals surface area contributed by atoms with E-state index in [1.807, 2.05) is 0 Å². The summed E-state index contributed by atoms with van der Waals surface area (Å²) >= 11 is 0.652. The number of anilines is 2. The summed E-state index contributed by atoms with van der Waals surface area (Å²) in [7, 11) is 2.45. The Morgan fingerprint density at radius 3 is 2.35 bits per heavy atom. The Bertz CT molecular complexity index is 541. The number of hydrogen-bond donors (Lipinski definition) is 3. The van der Waals surface area contributed by atoms with Crippen molar-refractivity contribution < 1.29 is 22.8 Å². The van der Waals surface area contributed by atoms with Gasteiger partial charge >= 0.3 is 6.18 Å². The van der Waals surface area contributed by atoms with Gasteiger partial charge in [0.2, 0.25) is 0 Å². The SMILES string of the molecule is CNC(=O)c1c(N(C)CC(F)(F)F)sc(C(N)=O)c1N. The Morgan fingerprint density at radius 1 is 1.40 bits per heavy atom. The molecule has 0 aromatic carbocycles. The van der Waals surface area contributed by atoms with Gasteiger partial charge in [0.1, 0.15) is 16.4 Å². The highest BCUT2D eigenvalue weighted by molar-refractivity contribution is 7.19. The molecule has 0 fully saturated rings. The van der Waals surface area contributed by atoms with Crippen LogP contribution in [0.5, 0.6) is 0 Å². The highest BCUT2D eigenvalue weighted by Crippen LogP contribution is 2.38. The van der Waals surface area contributed by atoms with Crippen LogP contribution in [0.4, 0.5) is 23.9 Å². The third-order valence-electron chi connectivity index (χ3n) is 2.37. The number of amides is 2. The van der Waals surface area contributed by atoms with E-state index < -0.39 is 24.5 Å². The molecule has 1 aromatic rings. The van der Waals surface area contributed by atoms with Gasteiger partial charge in [0, 0.05) is 14.1 Å². The van der Waals surface area contributed by atoms with Crippen LogP contribution in [0.25, 0.3) is 0 Å². The largest absolute Gasteiger partial charge is 0.405 e. The van der Waals surface area contributed by atoms with E-state index in [1.54, 1.807) is 0 Å². The van der Waals surface area contributed by atoms with E-state index in [0.717, 1.165) is 11.9 Å². The number of alkyl halides is 3. The lowest BCUT2D eigenvalue weighted by Gasteiger charge is -2.20. The highest BCUT2D eigenvalue weighted by Gasteiger charge is 2.33. The maximum atomic E-state index is 12.4. The molecule has 0 aliphatic rings. The molecule has 2 amide bonds. The molecular weight excluding hydrogens is 297 g/mol. The van der Waals surface area contributed by atoms with Crippen molar-refractivity contribution in [2.45, 2.75) is 6.18 Å². The summed E-state index contributed by atoms with van der Waals surface area (Å²) in [5.74, 6) is -1.58. The number of nitrogens with two attached hydrogens (primary N) is 2. The van der Waals surface area contributed by atoms with Gasteiger partial charge < -0.3 is 21.7 Å². The number of halogens is 3. The van der Waals surface area contributed by atoms with E-state index in [1.165, 1.54) is 7.05 Å². The van der Waals surface area contributed by atoms with Crippen molar-refractivity contribution in [1.29, 1.82) is 0 Å². The van der Waals surface area contributed by atoms with Crippen molar-refractivity contribution >= 4 is 33.8 Å². The molecule has 0 aliphatic carbocycles. The zero-order chi connectivity index (χ0) is 15.7. The van der Waals surface area contributed by atoms with Gasteiger partial charge in [-0.05, 0) is 0 Å². The minimum atomic E-state index is -4.46. The molecule has 20 heavy (non-hydrogen) atoms. The van der Waals surface area contributed by atoms with E-state index in [9.17, 15) is 22.8 Å². The molecule has 1 aromatic heterocycles. The van der Waals surface area contributed by atoms with Crippen LogP contribution < -0.4 is 21.7 Å². The van der Waals surface area contributed by atoms with Gasteiger partial charge in [-0.2, -0.15) is 13.2 Å². The summed E-state index contributed by atoms with van der Waals surface area (Å²) in [6.45, 7) is -1.28. The lowest BCUT2D eigenvalue weighted by molar-refractivity contribution is -0.119. The van der Waals surface area contributed by atoms with Gasteiger partial charge in [-0.3, -0.25) is 9.59 Å². The molecule has 0 atom stereocenters. The fourth-order valence-electron chi connectivity index (χ4n) is 1.57. The van der Waals surface area contributed by atoms with Crippen molar-refractivity contribution in [3.8, 4) is 0 Å². The zero-order valence-electron chi connectivity index (χ0n) is 10.7. The van der Waals surface area contributed by atoms with Gasteiger partial charge in [0.15, 0.2) is 0 Å². The minimum Gasteiger partial charge on any atom is -0.397 e. The first-order valence-electron chi connectivity index (χ1n) is 5.30. The monoisotopic (exact) mass is 310 g/mol. The lowest BCUT2D eigenvalue weighted by atomic mass is 10.2. The topological polar surface area (TPSA) is 101 Å². The summed E-state index contributed by atoms with van der Waals surface area (Å²) < 4.78 is 37.2. The second-order valence-corrected chi connectivity index (χ2v) is 4.94. The van der Waals surface area contributed by atoms with E-state index in [2.05, 4.69) is 5.32 Å². The molecule has 10 heteroatoms. The van der Waals surface area contributed by atoms with E-state index in [4.69, 9.17) is 11.5 Å². The Labute approximate surface area is 116 Å². The average molecular weight is 310 g/mol. The Kier molecular flexibility index (Phi) is 4.48. The maximum absolute atomic E-state index is 12.4. The minimum absolute atomic E-state index is 0.0621. The quantitative estimate of drug-likeness (QED) is 0.765. The summed E-state index contributed by atoms with van der Waals surface area (Å²) in [5.41, 5.74) is 10.3. The number of nitrogen functional groups attached to an aromatic ring is 1. The predicted octanol–water partition coefficient (Wildman–Crippen LogP) is 0.787. The van der Waals surface area contributed by atoms with Gasteiger partial charge in [-0.25, -0.2) is 0 Å². The summed E-state index contributed by atoms with van der Waals surface area (Å²) in [6.07, 6.45) is -4.46. The molecular formula is C10H13F3N4O2S. The second-order valence-electron chi connectivity index (χ2n) is 3.94. The second kappa shape index (κ2) is 5.57. The van der Waals surface area contributed by atoms with E-state index >= 15 is 0 Å². The summed E-state index contributed by atoms with van der Waals surface area (Å²) in [5, 5.41) is 2.20. The Morgan fingerprint density at radius 2 is 1.95 bits per heavy atom.